The monoisotopic (exact) mass is 316 g/mol. The Bertz CT molecular complexity index is 846. The van der Waals surface area contributed by atoms with Crippen molar-refractivity contribution in [2.75, 3.05) is 12.3 Å². The van der Waals surface area contributed by atoms with Gasteiger partial charge in [0.2, 0.25) is 0 Å². The van der Waals surface area contributed by atoms with Gasteiger partial charge in [0.1, 0.15) is 17.9 Å². The first kappa shape index (κ1) is 16.0. The van der Waals surface area contributed by atoms with Crippen LogP contribution in [0.2, 0.25) is 0 Å². The van der Waals surface area contributed by atoms with Gasteiger partial charge in [-0.25, -0.2) is 9.97 Å². The maximum Gasteiger partial charge on any atom is 0.152 e. The second kappa shape index (κ2) is 5.94. The molecule has 0 saturated carbocycles. The third-order valence-electron chi connectivity index (χ3n) is 3.89. The van der Waals surface area contributed by atoms with E-state index in [4.69, 9.17) is 10.5 Å². The lowest BCUT2D eigenvalue weighted by atomic mass is 10.1. The minimum absolute atomic E-state index is 0.388. The molecule has 1 aliphatic carbocycles. The minimum atomic E-state index is -0.863. The predicted molar refractivity (Wildman–Crippen MR) is 91.0 cm³/mol. The molecule has 0 aliphatic heterocycles. The summed E-state index contributed by atoms with van der Waals surface area (Å²) in [4.78, 5) is 9.13. The van der Waals surface area contributed by atoms with Crippen LogP contribution < -0.4 is 16.3 Å². The van der Waals surface area contributed by atoms with Gasteiger partial charge in [-0.2, -0.15) is 0 Å². The van der Waals surface area contributed by atoms with Gasteiger partial charge < -0.3 is 20.1 Å². The molecule has 0 aromatic carbocycles. The molecule has 0 bridgehead atoms. The lowest BCUT2D eigenvalue weighted by molar-refractivity contribution is 0.0581. The fraction of sp³-hybridized carbons (Fsp3) is 0.529. The Morgan fingerprint density at radius 2 is 2.04 bits per heavy atom. The Labute approximate surface area is 135 Å². The van der Waals surface area contributed by atoms with E-state index in [0.29, 0.717) is 31.1 Å². The molecular formula is C17H24N4O2. The zero-order valence-electron chi connectivity index (χ0n) is 14.0. The highest BCUT2D eigenvalue weighted by molar-refractivity contribution is 5.86. The maximum atomic E-state index is 10.3. The first-order valence-corrected chi connectivity index (χ1v) is 8.06. The number of hydrogen-bond donors (Lipinski definition) is 2. The number of fused-ring (bicyclic) bond motifs is 3. The highest BCUT2D eigenvalue weighted by atomic mass is 16.5. The van der Waals surface area contributed by atoms with Crippen LogP contribution in [0.15, 0.2) is 0 Å². The number of nitrogen functional groups attached to an aromatic ring is 1. The van der Waals surface area contributed by atoms with E-state index < -0.39 is 5.60 Å². The van der Waals surface area contributed by atoms with Gasteiger partial charge in [0.15, 0.2) is 5.82 Å². The molecule has 2 aromatic heterocycles. The van der Waals surface area contributed by atoms with Crippen LogP contribution in [-0.4, -0.2) is 31.8 Å². The largest absolute Gasteiger partial charge is 0.389 e. The molecule has 6 nitrogen and oxygen atoms in total. The summed E-state index contributed by atoms with van der Waals surface area (Å²) >= 11 is 0. The molecule has 0 fully saturated rings. The highest BCUT2D eigenvalue weighted by Gasteiger charge is 2.22. The normalized spacial score (nSPS) is 14.4. The van der Waals surface area contributed by atoms with Gasteiger partial charge in [0, 0.05) is 11.8 Å². The van der Waals surface area contributed by atoms with Crippen LogP contribution in [0.3, 0.4) is 0 Å². The van der Waals surface area contributed by atoms with Gasteiger partial charge in [-0.1, -0.05) is 12.2 Å². The first-order chi connectivity index (χ1) is 10.9. The van der Waals surface area contributed by atoms with Crippen molar-refractivity contribution in [2.45, 2.75) is 52.4 Å². The molecule has 3 N–H and O–H groups in total. The Balaban J connectivity index is 2.32. The van der Waals surface area contributed by atoms with E-state index in [0.717, 1.165) is 34.8 Å². The molecule has 2 aromatic rings. The van der Waals surface area contributed by atoms with E-state index in [9.17, 15) is 5.11 Å². The number of hydrogen-bond acceptors (Lipinski definition) is 5. The first-order valence-electron chi connectivity index (χ1n) is 8.06. The number of imidazole rings is 1. The van der Waals surface area contributed by atoms with E-state index in [1.807, 2.05) is 11.5 Å². The number of nitrogens with zero attached hydrogens (tertiary/aromatic N) is 3. The minimum Gasteiger partial charge on any atom is -0.389 e. The summed E-state index contributed by atoms with van der Waals surface area (Å²) in [5.74, 6) is 1.20. The van der Waals surface area contributed by atoms with Gasteiger partial charge in [-0.05, 0) is 33.6 Å². The molecule has 6 heteroatoms. The number of rotatable bonds is 5. The Hall–Kier alpha value is -1.92. The van der Waals surface area contributed by atoms with Crippen molar-refractivity contribution in [1.29, 1.82) is 0 Å². The van der Waals surface area contributed by atoms with E-state index in [-0.39, 0.29) is 0 Å². The summed E-state index contributed by atoms with van der Waals surface area (Å²) in [7, 11) is 0. The fourth-order valence-electron chi connectivity index (χ4n) is 2.98. The Kier molecular flexibility index (Phi) is 4.12. The van der Waals surface area contributed by atoms with Crippen LogP contribution in [0, 0.1) is 0 Å². The molecule has 0 spiro atoms. The smallest absolute Gasteiger partial charge is 0.152 e. The van der Waals surface area contributed by atoms with Crippen molar-refractivity contribution in [2.24, 2.45) is 0 Å². The lowest BCUT2D eigenvalue weighted by Gasteiger charge is -2.20. The molecule has 1 aliphatic rings. The number of pyridine rings is 1. The maximum absolute atomic E-state index is 10.3. The van der Waals surface area contributed by atoms with E-state index in [1.54, 1.807) is 13.8 Å². The summed E-state index contributed by atoms with van der Waals surface area (Å²) in [6.45, 7) is 6.95. The molecule has 3 rings (SSSR count). The van der Waals surface area contributed by atoms with Crippen LogP contribution in [0.1, 0.15) is 39.4 Å². The van der Waals surface area contributed by atoms with E-state index in [1.165, 1.54) is 0 Å². The van der Waals surface area contributed by atoms with Crippen LogP contribution in [0.25, 0.3) is 23.2 Å². The van der Waals surface area contributed by atoms with Crippen LogP contribution in [-0.2, 0) is 17.9 Å². The second-order valence-corrected chi connectivity index (χ2v) is 6.54. The van der Waals surface area contributed by atoms with Crippen LogP contribution in [0.4, 0.5) is 5.82 Å². The number of nitrogens with two attached hydrogens (primary N) is 1. The second-order valence-electron chi connectivity index (χ2n) is 6.54. The summed E-state index contributed by atoms with van der Waals surface area (Å²) < 4.78 is 7.57. The average molecular weight is 316 g/mol. The molecule has 124 valence electrons. The average Bonchev–Trinajstić information content (AvgIpc) is 2.83. The summed E-state index contributed by atoms with van der Waals surface area (Å²) in [6, 6.07) is 0. The number of ether oxygens (including phenoxy) is 1. The number of aliphatic hydroxyl groups is 1. The summed E-state index contributed by atoms with van der Waals surface area (Å²) in [6.07, 6.45) is 6.23. The molecular weight excluding hydrogens is 292 g/mol. The standard InChI is InChI=1S/C17H24N4O2/c1-4-23-9-13-20-14-15(21(13)10-17(2,3)22)11-7-5-6-8-12(11)19-16(14)18/h7-8,22H,4-6,9-10H2,1-3H3,(H2,18,19). The van der Waals surface area contributed by atoms with Gasteiger partial charge >= 0.3 is 0 Å². The fourth-order valence-corrected chi connectivity index (χ4v) is 2.98. The number of aromatic nitrogens is 3. The van der Waals surface area contributed by atoms with Crippen LogP contribution >= 0.6 is 0 Å². The molecule has 0 amide bonds. The van der Waals surface area contributed by atoms with Crippen molar-refractivity contribution in [3.63, 3.8) is 0 Å². The third kappa shape index (κ3) is 3.09. The predicted octanol–water partition coefficient (Wildman–Crippen LogP) is 0.676. The lowest BCUT2D eigenvalue weighted by Crippen LogP contribution is -2.35. The van der Waals surface area contributed by atoms with E-state index >= 15 is 0 Å². The van der Waals surface area contributed by atoms with Gasteiger partial charge in [0.25, 0.3) is 0 Å². The third-order valence-corrected chi connectivity index (χ3v) is 3.89. The summed E-state index contributed by atoms with van der Waals surface area (Å²) in [5.41, 5.74) is 6.90. The van der Waals surface area contributed by atoms with Crippen molar-refractivity contribution in [3.05, 3.63) is 16.4 Å². The molecule has 23 heavy (non-hydrogen) atoms. The number of anilines is 1. The van der Waals surface area contributed by atoms with Crippen molar-refractivity contribution >= 4 is 29.0 Å². The topological polar surface area (TPSA) is 86.2 Å². The zero-order valence-corrected chi connectivity index (χ0v) is 14.0. The molecule has 0 radical (unpaired) electrons. The van der Waals surface area contributed by atoms with Crippen molar-refractivity contribution < 1.29 is 9.84 Å². The molecule has 2 heterocycles. The quantitative estimate of drug-likeness (QED) is 0.847. The Morgan fingerprint density at radius 1 is 1.30 bits per heavy atom. The summed E-state index contributed by atoms with van der Waals surface area (Å²) in [5, 5.41) is 12.3. The van der Waals surface area contributed by atoms with E-state index in [2.05, 4.69) is 22.1 Å². The van der Waals surface area contributed by atoms with Crippen molar-refractivity contribution in [1.82, 2.24) is 14.5 Å². The zero-order chi connectivity index (χ0) is 16.6. The van der Waals surface area contributed by atoms with Gasteiger partial charge in [-0.3, -0.25) is 0 Å². The van der Waals surface area contributed by atoms with Crippen molar-refractivity contribution in [3.8, 4) is 0 Å². The van der Waals surface area contributed by atoms with Gasteiger partial charge in [0.05, 0.1) is 23.0 Å². The van der Waals surface area contributed by atoms with Gasteiger partial charge in [-0.15, -0.1) is 0 Å². The SMILES string of the molecule is CCOCc1nc2c(N)nc3c(c2n1CC(C)(C)O)=CCCC=3. The molecule has 0 saturated heterocycles. The highest BCUT2D eigenvalue weighted by Crippen LogP contribution is 2.20. The molecule has 0 unspecified atom stereocenters. The molecule has 0 atom stereocenters. The Morgan fingerprint density at radius 3 is 2.74 bits per heavy atom. The van der Waals surface area contributed by atoms with Crippen LogP contribution in [0.5, 0.6) is 0 Å².